The maximum atomic E-state index is 12.1. The van der Waals surface area contributed by atoms with E-state index in [2.05, 4.69) is 9.80 Å². The Bertz CT molecular complexity index is 478. The molecule has 2 heterocycles. The van der Waals surface area contributed by atoms with Gasteiger partial charge in [0.05, 0.1) is 31.8 Å². The fraction of sp³-hybridized carbons (Fsp3) is 0.955. The van der Waals surface area contributed by atoms with E-state index in [0.717, 1.165) is 64.8 Å². The van der Waals surface area contributed by atoms with Gasteiger partial charge in [-0.1, -0.05) is 0 Å². The number of ether oxygens (including phenoxy) is 4. The molecular weight excluding hydrogens is 372 g/mol. The Hall–Kier alpha value is -0.730. The lowest BCUT2D eigenvalue weighted by atomic mass is 9.87. The fourth-order valence-electron chi connectivity index (χ4n) is 5.24. The first-order chi connectivity index (χ1) is 14.2. The van der Waals surface area contributed by atoms with Gasteiger partial charge in [-0.15, -0.1) is 0 Å². The second kappa shape index (κ2) is 11.6. The highest BCUT2D eigenvalue weighted by Gasteiger charge is 2.43. The van der Waals surface area contributed by atoms with E-state index >= 15 is 0 Å². The summed E-state index contributed by atoms with van der Waals surface area (Å²) in [5.74, 6) is -0.00351. The van der Waals surface area contributed by atoms with Crippen LogP contribution >= 0.6 is 0 Å². The number of likely N-dealkylation sites (tertiary alicyclic amines) is 2. The second-order valence-corrected chi connectivity index (χ2v) is 8.67. The molecule has 2 aliphatic heterocycles. The van der Waals surface area contributed by atoms with Crippen LogP contribution in [0.25, 0.3) is 0 Å². The fourth-order valence-corrected chi connectivity index (χ4v) is 5.24. The van der Waals surface area contributed by atoms with Gasteiger partial charge in [-0.25, -0.2) is 0 Å². The number of hydrogen-bond donors (Lipinski definition) is 0. The number of methoxy groups -OCH3 is 2. The molecule has 2 saturated heterocycles. The first kappa shape index (κ1) is 22.9. The molecular formula is C22H40N2O5. The Kier molecular flexibility index (Phi) is 9.18. The maximum absolute atomic E-state index is 12.1. The monoisotopic (exact) mass is 412 g/mol. The van der Waals surface area contributed by atoms with Gasteiger partial charge in [0.25, 0.3) is 0 Å². The Balaban J connectivity index is 1.66. The predicted octanol–water partition coefficient (Wildman–Crippen LogP) is 2.63. The van der Waals surface area contributed by atoms with Crippen molar-refractivity contribution >= 4 is 5.97 Å². The van der Waals surface area contributed by atoms with Gasteiger partial charge in [0.1, 0.15) is 0 Å². The third-order valence-corrected chi connectivity index (χ3v) is 6.71. The van der Waals surface area contributed by atoms with Crippen molar-refractivity contribution in [2.24, 2.45) is 5.92 Å². The van der Waals surface area contributed by atoms with Crippen molar-refractivity contribution in [1.29, 1.82) is 0 Å². The summed E-state index contributed by atoms with van der Waals surface area (Å²) < 4.78 is 23.1. The molecule has 3 aliphatic rings. The number of carbonyl (C=O) groups is 1. The van der Waals surface area contributed by atoms with Crippen LogP contribution in [0.3, 0.4) is 0 Å². The van der Waals surface area contributed by atoms with Gasteiger partial charge in [-0.2, -0.15) is 0 Å². The van der Waals surface area contributed by atoms with Crippen molar-refractivity contribution in [3.8, 4) is 0 Å². The first-order valence-electron chi connectivity index (χ1n) is 11.5. The highest BCUT2D eigenvalue weighted by atomic mass is 16.5. The highest BCUT2D eigenvalue weighted by molar-refractivity contribution is 5.72. The normalized spacial score (nSPS) is 32.5. The Morgan fingerprint density at radius 2 is 1.52 bits per heavy atom. The number of carbonyl (C=O) groups excluding carboxylic acids is 1. The average molecular weight is 413 g/mol. The smallest absolute Gasteiger partial charge is 0.308 e. The molecule has 0 aromatic carbocycles. The molecule has 0 amide bonds. The topological polar surface area (TPSA) is 60.5 Å². The quantitative estimate of drug-likeness (QED) is 0.511. The molecule has 0 aromatic rings. The third-order valence-electron chi connectivity index (χ3n) is 6.71. The van der Waals surface area contributed by atoms with Crippen LogP contribution in [0.5, 0.6) is 0 Å². The van der Waals surface area contributed by atoms with Crippen molar-refractivity contribution in [2.45, 2.75) is 82.8 Å². The maximum Gasteiger partial charge on any atom is 0.308 e. The molecule has 3 atom stereocenters. The van der Waals surface area contributed by atoms with Crippen LogP contribution in [0.1, 0.15) is 58.3 Å². The van der Waals surface area contributed by atoms with Crippen LogP contribution in [0.2, 0.25) is 0 Å². The lowest BCUT2D eigenvalue weighted by Crippen LogP contribution is -2.57. The Labute approximate surface area is 176 Å². The zero-order chi connectivity index (χ0) is 20.6. The van der Waals surface area contributed by atoms with Crippen molar-refractivity contribution in [1.82, 2.24) is 9.80 Å². The van der Waals surface area contributed by atoms with Crippen molar-refractivity contribution in [3.05, 3.63) is 0 Å². The minimum absolute atomic E-state index is 0.0237. The van der Waals surface area contributed by atoms with E-state index in [1.807, 2.05) is 6.92 Å². The summed E-state index contributed by atoms with van der Waals surface area (Å²) in [5, 5.41) is 0. The van der Waals surface area contributed by atoms with Gasteiger partial charge >= 0.3 is 5.97 Å². The molecule has 1 saturated carbocycles. The van der Waals surface area contributed by atoms with Gasteiger partial charge < -0.3 is 18.9 Å². The van der Waals surface area contributed by atoms with E-state index in [-0.39, 0.29) is 24.3 Å². The van der Waals surface area contributed by atoms with Gasteiger partial charge in [0.15, 0.2) is 6.35 Å². The summed E-state index contributed by atoms with van der Waals surface area (Å²) in [5.41, 5.74) is 0. The zero-order valence-corrected chi connectivity index (χ0v) is 18.5. The lowest BCUT2D eigenvalue weighted by Gasteiger charge is -2.43. The minimum Gasteiger partial charge on any atom is -0.466 e. The second-order valence-electron chi connectivity index (χ2n) is 8.67. The SMILES string of the molecule is CCOC(=O)C1CCC(OC(N2CCCC2)N2[C@@H](COC)CC[C@@H]2COC)CC1. The van der Waals surface area contributed by atoms with Gasteiger partial charge in [-0.3, -0.25) is 14.6 Å². The predicted molar refractivity (Wildman–Crippen MR) is 110 cm³/mol. The molecule has 3 rings (SSSR count). The summed E-state index contributed by atoms with van der Waals surface area (Å²) in [6.45, 7) is 5.95. The standard InChI is InChI=1S/C22H40N2O5/c1-4-28-21(25)17-7-11-20(12-8-17)29-22(23-13-5-6-14-23)24-18(15-26-2)9-10-19(24)16-27-3/h17-20,22H,4-16H2,1-3H3/t17?,18-,19-,20?,22?/m1/s1. The van der Waals surface area contributed by atoms with Crippen molar-refractivity contribution in [2.75, 3.05) is 47.1 Å². The summed E-state index contributed by atoms with van der Waals surface area (Å²) in [6, 6.07) is 0.725. The van der Waals surface area contributed by atoms with E-state index in [0.29, 0.717) is 18.7 Å². The van der Waals surface area contributed by atoms with E-state index in [4.69, 9.17) is 18.9 Å². The molecule has 7 nitrogen and oxygen atoms in total. The van der Waals surface area contributed by atoms with E-state index in [1.165, 1.54) is 12.8 Å². The van der Waals surface area contributed by atoms with Crippen LogP contribution in [-0.2, 0) is 23.7 Å². The van der Waals surface area contributed by atoms with Gasteiger partial charge in [0, 0.05) is 39.4 Å². The average Bonchev–Trinajstić information content (AvgIpc) is 3.38. The van der Waals surface area contributed by atoms with E-state index in [9.17, 15) is 4.79 Å². The van der Waals surface area contributed by atoms with Crippen molar-refractivity contribution in [3.63, 3.8) is 0 Å². The number of esters is 1. The molecule has 0 aromatic heterocycles. The third kappa shape index (κ3) is 5.91. The van der Waals surface area contributed by atoms with E-state index in [1.54, 1.807) is 14.2 Å². The molecule has 1 aliphatic carbocycles. The summed E-state index contributed by atoms with van der Waals surface area (Å²) in [6.07, 6.45) is 8.43. The molecule has 0 bridgehead atoms. The zero-order valence-electron chi connectivity index (χ0n) is 18.5. The number of rotatable bonds is 10. The molecule has 3 fully saturated rings. The highest BCUT2D eigenvalue weighted by Crippen LogP contribution is 2.34. The Morgan fingerprint density at radius 3 is 2.03 bits per heavy atom. The van der Waals surface area contributed by atoms with Crippen LogP contribution in [-0.4, -0.2) is 87.4 Å². The molecule has 0 spiro atoms. The van der Waals surface area contributed by atoms with Gasteiger partial charge in [0.2, 0.25) is 0 Å². The van der Waals surface area contributed by atoms with Crippen LogP contribution in [0, 0.1) is 5.92 Å². The summed E-state index contributed by atoms with van der Waals surface area (Å²) in [4.78, 5) is 17.1. The lowest BCUT2D eigenvalue weighted by molar-refractivity contribution is -0.204. The molecule has 168 valence electrons. The summed E-state index contributed by atoms with van der Waals surface area (Å²) >= 11 is 0. The number of hydrogen-bond acceptors (Lipinski definition) is 7. The van der Waals surface area contributed by atoms with Crippen molar-refractivity contribution < 1.29 is 23.7 Å². The van der Waals surface area contributed by atoms with Crippen LogP contribution < -0.4 is 0 Å². The largest absolute Gasteiger partial charge is 0.466 e. The molecule has 0 N–H and O–H groups in total. The van der Waals surface area contributed by atoms with Crippen LogP contribution in [0.15, 0.2) is 0 Å². The van der Waals surface area contributed by atoms with Crippen LogP contribution in [0.4, 0.5) is 0 Å². The Morgan fingerprint density at radius 1 is 0.931 bits per heavy atom. The molecule has 7 heteroatoms. The van der Waals surface area contributed by atoms with E-state index < -0.39 is 0 Å². The molecule has 1 unspecified atom stereocenters. The number of nitrogens with zero attached hydrogens (tertiary/aromatic N) is 2. The summed E-state index contributed by atoms with van der Waals surface area (Å²) in [7, 11) is 3.56. The minimum atomic E-state index is -0.0399. The van der Waals surface area contributed by atoms with Gasteiger partial charge in [-0.05, 0) is 58.3 Å². The molecule has 29 heavy (non-hydrogen) atoms. The molecule has 0 radical (unpaired) electrons. The first-order valence-corrected chi connectivity index (χ1v) is 11.5.